The average molecular weight is 408 g/mol. The molecule has 3 aromatic rings. The van der Waals surface area contributed by atoms with Crippen LogP contribution in [0.5, 0.6) is 0 Å². The maximum Gasteiger partial charge on any atom is 0.318 e. The van der Waals surface area contributed by atoms with Crippen LogP contribution in [0.15, 0.2) is 28.8 Å². The van der Waals surface area contributed by atoms with Crippen molar-refractivity contribution in [2.75, 3.05) is 44.3 Å². The second-order valence-corrected chi connectivity index (χ2v) is 8.38. The van der Waals surface area contributed by atoms with Crippen molar-refractivity contribution in [1.29, 1.82) is 0 Å². The van der Waals surface area contributed by atoms with Gasteiger partial charge in [0.1, 0.15) is 0 Å². The van der Waals surface area contributed by atoms with Gasteiger partial charge in [0.15, 0.2) is 0 Å². The van der Waals surface area contributed by atoms with Gasteiger partial charge in [-0.05, 0) is 25.0 Å². The van der Waals surface area contributed by atoms with Crippen molar-refractivity contribution in [1.82, 2.24) is 24.9 Å². The molecule has 4 heterocycles. The highest BCUT2D eigenvalue weighted by Gasteiger charge is 2.32. The van der Waals surface area contributed by atoms with Crippen LogP contribution in [0.1, 0.15) is 25.3 Å². The van der Waals surface area contributed by atoms with Crippen LogP contribution in [0, 0.1) is 5.92 Å². The van der Waals surface area contributed by atoms with Crippen molar-refractivity contribution < 1.29 is 13.9 Å². The summed E-state index contributed by atoms with van der Waals surface area (Å²) in [5, 5.41) is 14.1. The zero-order chi connectivity index (χ0) is 20.1. The number of carbonyl (C=O) groups is 1. The Balaban J connectivity index is 1.17. The summed E-state index contributed by atoms with van der Waals surface area (Å²) >= 11 is 0. The van der Waals surface area contributed by atoms with E-state index in [9.17, 15) is 4.79 Å². The smallest absolute Gasteiger partial charge is 0.318 e. The van der Waals surface area contributed by atoms with Gasteiger partial charge in [0.2, 0.25) is 11.8 Å². The van der Waals surface area contributed by atoms with Gasteiger partial charge in [-0.1, -0.05) is 17.6 Å². The van der Waals surface area contributed by atoms with E-state index < -0.39 is 0 Å². The SMILES string of the molecule is O=C(C1CCC1)N1CCN(c2nnc(-c3ccc4cnn(C5COC5)c4c3)o2)CC1. The summed E-state index contributed by atoms with van der Waals surface area (Å²) in [4.78, 5) is 16.5. The van der Waals surface area contributed by atoms with Gasteiger partial charge < -0.3 is 19.0 Å². The van der Waals surface area contributed by atoms with E-state index in [2.05, 4.69) is 20.2 Å². The van der Waals surface area contributed by atoms with E-state index in [4.69, 9.17) is 9.15 Å². The minimum absolute atomic E-state index is 0.251. The molecule has 1 amide bonds. The number of carbonyl (C=O) groups excluding carboxylic acids is 1. The molecule has 156 valence electrons. The zero-order valence-electron chi connectivity index (χ0n) is 16.7. The number of anilines is 1. The first-order valence-corrected chi connectivity index (χ1v) is 10.7. The fourth-order valence-electron chi connectivity index (χ4n) is 4.32. The number of nitrogens with zero attached hydrogens (tertiary/aromatic N) is 6. The lowest BCUT2D eigenvalue weighted by Crippen LogP contribution is -2.51. The fourth-order valence-corrected chi connectivity index (χ4v) is 4.32. The molecule has 2 aromatic heterocycles. The molecule has 0 atom stereocenters. The van der Waals surface area contributed by atoms with Crippen molar-refractivity contribution in [3.8, 4) is 11.5 Å². The third-order valence-electron chi connectivity index (χ3n) is 6.54. The fraction of sp³-hybridized carbons (Fsp3) is 0.524. The normalized spacial score (nSPS) is 20.4. The van der Waals surface area contributed by atoms with Gasteiger partial charge in [-0.25, -0.2) is 0 Å². The predicted octanol–water partition coefficient (Wildman–Crippen LogP) is 2.11. The number of benzene rings is 1. The molecule has 1 aliphatic carbocycles. The topological polar surface area (TPSA) is 89.5 Å². The molecule has 1 aromatic carbocycles. The molecule has 2 saturated heterocycles. The van der Waals surface area contributed by atoms with Gasteiger partial charge >= 0.3 is 6.01 Å². The second kappa shape index (κ2) is 7.09. The summed E-state index contributed by atoms with van der Waals surface area (Å²) in [6.07, 6.45) is 5.15. The summed E-state index contributed by atoms with van der Waals surface area (Å²) in [5.74, 6) is 1.06. The number of hydrogen-bond donors (Lipinski definition) is 0. The maximum absolute atomic E-state index is 12.4. The summed E-state index contributed by atoms with van der Waals surface area (Å²) in [5.41, 5.74) is 1.92. The first-order chi connectivity index (χ1) is 14.8. The molecule has 9 heteroatoms. The molecule has 0 radical (unpaired) electrons. The van der Waals surface area contributed by atoms with Crippen molar-refractivity contribution in [3.05, 3.63) is 24.4 Å². The minimum atomic E-state index is 0.251. The Morgan fingerprint density at radius 3 is 2.60 bits per heavy atom. The monoisotopic (exact) mass is 408 g/mol. The highest BCUT2D eigenvalue weighted by Crippen LogP contribution is 2.30. The summed E-state index contributed by atoms with van der Waals surface area (Å²) < 4.78 is 13.3. The molecule has 2 aliphatic heterocycles. The summed E-state index contributed by atoms with van der Waals surface area (Å²) in [6, 6.07) is 6.87. The number of amides is 1. The number of fused-ring (bicyclic) bond motifs is 1. The van der Waals surface area contributed by atoms with E-state index >= 15 is 0 Å². The Morgan fingerprint density at radius 1 is 1.07 bits per heavy atom. The molecule has 3 aliphatic rings. The van der Waals surface area contributed by atoms with E-state index in [1.54, 1.807) is 0 Å². The summed E-state index contributed by atoms with van der Waals surface area (Å²) in [7, 11) is 0. The van der Waals surface area contributed by atoms with Gasteiger partial charge in [0.25, 0.3) is 0 Å². The van der Waals surface area contributed by atoms with Gasteiger partial charge in [0.05, 0.1) is 31.0 Å². The lowest BCUT2D eigenvalue weighted by atomic mass is 9.84. The van der Waals surface area contributed by atoms with E-state index in [-0.39, 0.29) is 12.0 Å². The average Bonchev–Trinajstić information content (AvgIpc) is 3.33. The van der Waals surface area contributed by atoms with Gasteiger partial charge in [-0.2, -0.15) is 5.10 Å². The Kier molecular flexibility index (Phi) is 4.22. The molecular formula is C21H24N6O3. The quantitative estimate of drug-likeness (QED) is 0.653. The predicted molar refractivity (Wildman–Crippen MR) is 109 cm³/mol. The van der Waals surface area contributed by atoms with Gasteiger partial charge in [0, 0.05) is 43.0 Å². The second-order valence-electron chi connectivity index (χ2n) is 8.38. The lowest BCUT2D eigenvalue weighted by Gasteiger charge is -2.37. The van der Waals surface area contributed by atoms with E-state index in [1.165, 1.54) is 6.42 Å². The van der Waals surface area contributed by atoms with E-state index in [0.29, 0.717) is 57.2 Å². The number of rotatable bonds is 4. The zero-order valence-corrected chi connectivity index (χ0v) is 16.7. The highest BCUT2D eigenvalue weighted by molar-refractivity contribution is 5.83. The molecule has 0 bridgehead atoms. The number of hydrogen-bond acceptors (Lipinski definition) is 7. The van der Waals surface area contributed by atoms with Crippen LogP contribution in [0.4, 0.5) is 6.01 Å². The highest BCUT2D eigenvalue weighted by atomic mass is 16.5. The maximum atomic E-state index is 12.4. The summed E-state index contributed by atoms with van der Waals surface area (Å²) in [6.45, 7) is 4.24. The molecule has 0 spiro atoms. The third kappa shape index (κ3) is 2.96. The number of aromatic nitrogens is 4. The van der Waals surface area contributed by atoms with Crippen LogP contribution in [-0.4, -0.2) is 70.2 Å². The van der Waals surface area contributed by atoms with Crippen LogP contribution in [0.2, 0.25) is 0 Å². The Bertz CT molecular complexity index is 1080. The van der Waals surface area contributed by atoms with Crippen molar-refractivity contribution >= 4 is 22.8 Å². The van der Waals surface area contributed by atoms with E-state index in [1.807, 2.05) is 34.0 Å². The third-order valence-corrected chi connectivity index (χ3v) is 6.54. The van der Waals surface area contributed by atoms with Crippen LogP contribution >= 0.6 is 0 Å². The first-order valence-electron chi connectivity index (χ1n) is 10.7. The minimum Gasteiger partial charge on any atom is -0.403 e. The molecule has 0 unspecified atom stereocenters. The Labute approximate surface area is 173 Å². The largest absolute Gasteiger partial charge is 0.403 e. The molecule has 9 nitrogen and oxygen atoms in total. The standard InChI is InChI=1S/C21H24N6O3/c28-20(14-2-1-3-14)25-6-8-26(9-7-25)21-24-23-19(30-21)15-4-5-16-11-22-27(18(16)10-15)17-12-29-13-17/h4-5,10-11,14,17H,1-3,6-9,12-13H2. The van der Waals surface area contributed by atoms with Crippen molar-refractivity contribution in [2.45, 2.75) is 25.3 Å². The molecule has 1 saturated carbocycles. The Morgan fingerprint density at radius 2 is 1.90 bits per heavy atom. The van der Waals surface area contributed by atoms with Gasteiger partial charge in [-0.15, -0.1) is 5.10 Å². The number of ether oxygens (including phenoxy) is 1. The van der Waals surface area contributed by atoms with Crippen LogP contribution in [-0.2, 0) is 9.53 Å². The molecular weight excluding hydrogens is 384 g/mol. The van der Waals surface area contributed by atoms with Crippen molar-refractivity contribution in [2.24, 2.45) is 5.92 Å². The Hall–Kier alpha value is -2.94. The van der Waals surface area contributed by atoms with Crippen LogP contribution < -0.4 is 4.90 Å². The van der Waals surface area contributed by atoms with Crippen LogP contribution in [0.3, 0.4) is 0 Å². The van der Waals surface area contributed by atoms with E-state index in [0.717, 1.165) is 29.3 Å². The van der Waals surface area contributed by atoms with Crippen molar-refractivity contribution in [3.63, 3.8) is 0 Å². The van der Waals surface area contributed by atoms with Gasteiger partial charge in [-0.3, -0.25) is 9.48 Å². The lowest BCUT2D eigenvalue weighted by molar-refractivity contribution is -0.138. The number of piperazine rings is 1. The molecule has 0 N–H and O–H groups in total. The molecule has 6 rings (SSSR count). The molecule has 3 fully saturated rings. The molecule has 30 heavy (non-hydrogen) atoms. The van der Waals surface area contributed by atoms with Crippen LogP contribution in [0.25, 0.3) is 22.4 Å². The first kappa shape index (κ1) is 17.9.